The maximum Gasteiger partial charge on any atom is 0.306 e. The number of carboxylic acids is 2. The van der Waals surface area contributed by atoms with E-state index in [9.17, 15) is 81.1 Å². The Morgan fingerprint density at radius 1 is 0.409 bits per heavy atom. The second kappa shape index (κ2) is 45.1. The third-order valence-electron chi connectivity index (χ3n) is 18.1. The number of esters is 2. The number of halogens is 1. The fraction of sp³-hybridized carbons (Fsp3) is 0.570. The lowest BCUT2D eigenvalue weighted by atomic mass is 10.0. The van der Waals surface area contributed by atoms with Crippen molar-refractivity contribution in [2.75, 3.05) is 36.8 Å². The molecule has 0 radical (unpaired) electrons. The first-order chi connectivity index (χ1) is 52.2. The molecule has 3 atom stereocenters. The molecule has 602 valence electrons. The maximum absolute atomic E-state index is 13.7. The Bertz CT molecular complexity index is 3810. The van der Waals surface area contributed by atoms with Crippen LogP contribution >= 0.6 is 0 Å². The standard InChI is InChI=1S/C25H33N3O6.C21H25N3O6.C13H9FN2O4.C12H25NO2.C8H17NO2/c1-25(2,3)34-20(30)12-7-5-4-6-8-15-26-17-11-9-10-16-21(17)24(33)28(23(16)32)18-13-14-19(29)27-22(18)31;25-16-11-10-15(19(28)23-16)24-20(29)13-7-6-8-14(18(13)21(24)30)22-12-5-3-1-2-4-9-17(26)27;14-7-3-1-2-6-10(7)13(20)16(12(6)19)8-4-5-9(17)15-11(8)18;1-12(2,3)15-11(14)9-7-5-4-6-8-10-13;9-7-5-3-1-2-4-6-8(10)11/h9-11,18,26H,4-8,12-15H2,1-3H3,(H,27,29,31);6-8,15,22H,1-5,9-12H2,(H,26,27)(H,23,25,28);1-3,8H,4-5H2,(H,15,17,18);4-10,13H2,1-3H3;1-7,9H2,(H,10,11). The predicted octanol–water partition coefficient (Wildman–Crippen LogP) is 9.33. The summed E-state index contributed by atoms with van der Waals surface area (Å²) in [6.45, 7) is 14.0. The third-order valence-corrected chi connectivity index (χ3v) is 18.1. The molecule has 3 saturated heterocycles. The fourth-order valence-corrected chi connectivity index (χ4v) is 12.8. The number of rotatable bonds is 35. The number of carboxylic acid groups (broad SMARTS) is 2. The van der Waals surface area contributed by atoms with E-state index in [0.29, 0.717) is 50.1 Å². The molecule has 3 aromatic carbocycles. The van der Waals surface area contributed by atoms with Crippen LogP contribution in [0.4, 0.5) is 15.8 Å². The number of imide groups is 6. The minimum Gasteiger partial charge on any atom is -0.481 e. The largest absolute Gasteiger partial charge is 0.481 e. The number of aliphatic carboxylic acids is 2. The molecule has 0 bridgehead atoms. The fourth-order valence-electron chi connectivity index (χ4n) is 12.8. The molecule has 9 rings (SSSR count). The van der Waals surface area contributed by atoms with Gasteiger partial charge in [0, 0.05) is 69.4 Å². The van der Waals surface area contributed by atoms with Gasteiger partial charge in [0.1, 0.15) is 35.1 Å². The van der Waals surface area contributed by atoms with Gasteiger partial charge in [-0.1, -0.05) is 95.2 Å². The zero-order valence-corrected chi connectivity index (χ0v) is 64.1. The van der Waals surface area contributed by atoms with Crippen molar-refractivity contribution in [2.24, 2.45) is 11.5 Å². The zero-order valence-electron chi connectivity index (χ0n) is 64.1. The monoisotopic (exact) mass is 1540 g/mol. The number of piperidine rings is 3. The number of ether oxygens (including phenoxy) is 2. The molecule has 6 aliphatic rings. The molecule has 30 nitrogen and oxygen atoms in total. The van der Waals surface area contributed by atoms with Gasteiger partial charge in [0.2, 0.25) is 35.4 Å². The van der Waals surface area contributed by atoms with Gasteiger partial charge in [-0.2, -0.15) is 0 Å². The van der Waals surface area contributed by atoms with E-state index in [4.69, 9.17) is 31.2 Å². The second-order valence-electron chi connectivity index (χ2n) is 29.4. The molecular weight excluding hydrogens is 1430 g/mol. The highest BCUT2D eigenvalue weighted by molar-refractivity contribution is 6.27. The van der Waals surface area contributed by atoms with Crippen molar-refractivity contribution >= 4 is 106 Å². The Morgan fingerprint density at radius 3 is 0.991 bits per heavy atom. The summed E-state index contributed by atoms with van der Waals surface area (Å²) in [5.74, 6) is -9.34. The number of hydrogen-bond acceptors (Lipinski definition) is 22. The van der Waals surface area contributed by atoms with Crippen LogP contribution < -0.4 is 38.1 Å². The van der Waals surface area contributed by atoms with Gasteiger partial charge in [-0.05, 0) is 162 Å². The second-order valence-corrected chi connectivity index (χ2v) is 29.4. The Hall–Kier alpha value is -10.2. The summed E-state index contributed by atoms with van der Waals surface area (Å²) in [4.78, 5) is 192. The van der Waals surface area contributed by atoms with Crippen molar-refractivity contribution in [3.63, 3.8) is 0 Å². The number of nitrogens with zero attached hydrogens (tertiary/aromatic N) is 3. The highest BCUT2D eigenvalue weighted by Crippen LogP contribution is 2.35. The van der Waals surface area contributed by atoms with Crippen molar-refractivity contribution in [3.05, 3.63) is 93.8 Å². The van der Waals surface area contributed by atoms with Gasteiger partial charge in [-0.25, -0.2) is 4.39 Å². The van der Waals surface area contributed by atoms with E-state index < -0.39 is 112 Å². The molecule has 0 spiro atoms. The van der Waals surface area contributed by atoms with E-state index in [1.165, 1.54) is 25.0 Å². The van der Waals surface area contributed by atoms with Gasteiger partial charge < -0.3 is 41.8 Å². The van der Waals surface area contributed by atoms with Gasteiger partial charge in [0.15, 0.2) is 0 Å². The molecule has 31 heteroatoms. The number of carbonyl (C=O) groups excluding carboxylic acids is 14. The number of fused-ring (bicyclic) bond motifs is 3. The average Bonchev–Trinajstić information content (AvgIpc) is 1.62. The number of nitrogens with two attached hydrogens (primary N) is 2. The normalized spacial score (nSPS) is 17.2. The highest BCUT2D eigenvalue weighted by atomic mass is 19.1. The summed E-state index contributed by atoms with van der Waals surface area (Å²) >= 11 is 0. The molecule has 11 N–H and O–H groups in total. The van der Waals surface area contributed by atoms with E-state index in [0.717, 1.165) is 143 Å². The van der Waals surface area contributed by atoms with Crippen LogP contribution in [-0.4, -0.2) is 175 Å². The van der Waals surface area contributed by atoms with E-state index in [-0.39, 0.29) is 95.9 Å². The summed E-state index contributed by atoms with van der Waals surface area (Å²) in [5.41, 5.74) is 11.7. The van der Waals surface area contributed by atoms with Crippen LogP contribution in [-0.2, 0) is 57.4 Å². The number of anilines is 2. The third kappa shape index (κ3) is 28.7. The molecule has 6 aliphatic heterocycles. The van der Waals surface area contributed by atoms with Crippen LogP contribution in [0.5, 0.6) is 0 Å². The smallest absolute Gasteiger partial charge is 0.306 e. The first kappa shape index (κ1) is 90.4. The first-order valence-corrected chi connectivity index (χ1v) is 38.2. The maximum atomic E-state index is 13.7. The van der Waals surface area contributed by atoms with Crippen molar-refractivity contribution in [3.8, 4) is 0 Å². The van der Waals surface area contributed by atoms with Crippen LogP contribution in [0.2, 0.25) is 0 Å². The van der Waals surface area contributed by atoms with Crippen LogP contribution in [0.1, 0.15) is 296 Å². The number of amides is 12. The lowest BCUT2D eigenvalue weighted by Crippen LogP contribution is -2.54. The van der Waals surface area contributed by atoms with Crippen molar-refractivity contribution in [1.82, 2.24) is 30.7 Å². The minimum atomic E-state index is -1.07. The summed E-state index contributed by atoms with van der Waals surface area (Å²) in [6, 6.07) is 10.7. The summed E-state index contributed by atoms with van der Waals surface area (Å²) in [7, 11) is 0. The molecule has 3 fully saturated rings. The molecule has 6 heterocycles. The zero-order chi connectivity index (χ0) is 81.3. The summed E-state index contributed by atoms with van der Waals surface area (Å²) in [5, 5.41) is 29.8. The van der Waals surface area contributed by atoms with Crippen LogP contribution in [0, 0.1) is 5.82 Å². The van der Waals surface area contributed by atoms with Crippen LogP contribution in [0.25, 0.3) is 0 Å². The quantitative estimate of drug-likeness (QED) is 0.0150. The average molecular weight is 1540 g/mol. The molecule has 110 heavy (non-hydrogen) atoms. The number of hydrogen-bond donors (Lipinski definition) is 9. The Morgan fingerprint density at radius 2 is 0.691 bits per heavy atom. The van der Waals surface area contributed by atoms with Gasteiger partial charge in [0.25, 0.3) is 35.4 Å². The van der Waals surface area contributed by atoms with Crippen molar-refractivity contribution in [1.29, 1.82) is 0 Å². The molecule has 3 aromatic rings. The number of nitrogens with one attached hydrogen (secondary N) is 5. The molecule has 12 amide bonds. The van der Waals surface area contributed by atoms with Crippen LogP contribution in [0.3, 0.4) is 0 Å². The Balaban J connectivity index is 0.000000260. The van der Waals surface area contributed by atoms with Gasteiger partial charge in [-0.3, -0.25) is 107 Å². The van der Waals surface area contributed by atoms with Gasteiger partial charge in [-0.15, -0.1) is 0 Å². The summed E-state index contributed by atoms with van der Waals surface area (Å²) < 4.78 is 24.2. The first-order valence-electron chi connectivity index (χ1n) is 38.2. The lowest BCUT2D eigenvalue weighted by molar-refractivity contribution is -0.156. The van der Waals surface area contributed by atoms with E-state index in [1.807, 2.05) is 41.5 Å². The summed E-state index contributed by atoms with van der Waals surface area (Å²) in [6.07, 6.45) is 21.4. The predicted molar refractivity (Wildman–Crippen MR) is 402 cm³/mol. The Labute approximate surface area is 640 Å². The van der Waals surface area contributed by atoms with Gasteiger partial charge in [0.05, 0.1) is 33.4 Å². The molecule has 3 unspecified atom stereocenters. The van der Waals surface area contributed by atoms with E-state index in [1.54, 1.807) is 36.4 Å². The van der Waals surface area contributed by atoms with E-state index >= 15 is 0 Å². The number of benzene rings is 3. The SMILES string of the molecule is CC(C)(C)OC(=O)CCCCCCCN.CC(C)(C)OC(=O)CCCCCCCNc1cccc2c1C(=O)N(C1CCC(=O)NC1=O)C2=O.NCCCCCCCC(=O)O.O=C(O)CCCCCCCNc1cccc2c1C(=O)N(C1CCC(=O)NC1=O)C2=O.O=C1CCC(N2C(=O)c3cccc(F)c3C2=O)C(=O)N1. The molecule has 0 aromatic heterocycles. The van der Waals surface area contributed by atoms with E-state index in [2.05, 4.69) is 26.6 Å². The highest BCUT2D eigenvalue weighted by Gasteiger charge is 2.49. The van der Waals surface area contributed by atoms with Crippen molar-refractivity contribution < 1.29 is 101 Å². The topological polar surface area (TPSA) is 454 Å². The molecule has 0 aliphatic carbocycles. The van der Waals surface area contributed by atoms with Crippen molar-refractivity contribution in [2.45, 2.75) is 263 Å². The minimum absolute atomic E-state index is 0.0340. The Kier molecular flexibility index (Phi) is 37.1. The number of carbonyl (C=O) groups is 16. The van der Waals surface area contributed by atoms with Crippen LogP contribution in [0.15, 0.2) is 54.6 Å². The number of unbranched alkanes of at least 4 members (excludes halogenated alkanes) is 16. The molecule has 0 saturated carbocycles. The van der Waals surface area contributed by atoms with Gasteiger partial charge >= 0.3 is 23.9 Å². The molecular formula is C79H109FN10O20. The lowest BCUT2D eigenvalue weighted by Gasteiger charge is -2.27.